The van der Waals surface area contributed by atoms with E-state index < -0.39 is 35.5 Å². The topological polar surface area (TPSA) is 130 Å². The molecule has 2 aromatic rings. The van der Waals surface area contributed by atoms with Gasteiger partial charge in [0.1, 0.15) is 12.6 Å². The second-order valence-corrected chi connectivity index (χ2v) is 6.43. The quantitative estimate of drug-likeness (QED) is 0.612. The summed E-state index contributed by atoms with van der Waals surface area (Å²) in [6.45, 7) is 0.391. The average Bonchev–Trinajstić information content (AvgIpc) is 3.23. The van der Waals surface area contributed by atoms with Gasteiger partial charge in [0, 0.05) is 25.1 Å². The van der Waals surface area contributed by atoms with Crippen molar-refractivity contribution in [1.82, 2.24) is 20.8 Å². The first-order chi connectivity index (χ1) is 13.5. The van der Waals surface area contributed by atoms with Crippen LogP contribution in [0.25, 0.3) is 0 Å². The number of Topliss-reactive ketones (excluding diaryl/α,β-unsaturated/α-hetero) is 2. The first-order valence-corrected chi connectivity index (χ1v) is 8.86. The second kappa shape index (κ2) is 8.94. The van der Waals surface area contributed by atoms with Crippen molar-refractivity contribution in [2.75, 3.05) is 6.54 Å². The molecule has 0 aliphatic carbocycles. The van der Waals surface area contributed by atoms with Gasteiger partial charge in [0.2, 0.25) is 5.78 Å². The van der Waals surface area contributed by atoms with Crippen molar-refractivity contribution in [2.24, 2.45) is 5.92 Å². The predicted molar refractivity (Wildman–Crippen MR) is 96.8 cm³/mol. The summed E-state index contributed by atoms with van der Waals surface area (Å²) in [7, 11) is 0. The zero-order valence-electron chi connectivity index (χ0n) is 15.0. The third kappa shape index (κ3) is 4.81. The van der Waals surface area contributed by atoms with E-state index in [2.05, 4.69) is 20.8 Å². The highest BCUT2D eigenvalue weighted by Crippen LogP contribution is 2.20. The van der Waals surface area contributed by atoms with E-state index in [9.17, 15) is 19.2 Å². The molecular weight excluding hydrogens is 364 g/mol. The predicted octanol–water partition coefficient (Wildman–Crippen LogP) is 1.04. The van der Waals surface area contributed by atoms with Crippen LogP contribution in [0.2, 0.25) is 0 Å². The van der Waals surface area contributed by atoms with Crippen LogP contribution < -0.4 is 10.6 Å². The van der Waals surface area contributed by atoms with Gasteiger partial charge in [-0.3, -0.25) is 19.5 Å². The zero-order valence-corrected chi connectivity index (χ0v) is 15.0. The van der Waals surface area contributed by atoms with Crippen LogP contribution in [0, 0.1) is 5.92 Å². The van der Waals surface area contributed by atoms with Gasteiger partial charge in [-0.25, -0.2) is 4.79 Å². The summed E-state index contributed by atoms with van der Waals surface area (Å²) in [6, 6.07) is 9.62. The molecule has 1 aromatic heterocycles. The fourth-order valence-electron chi connectivity index (χ4n) is 2.96. The minimum atomic E-state index is -1.05. The number of rotatable bonds is 7. The number of benzene rings is 1. The lowest BCUT2D eigenvalue weighted by Gasteiger charge is -2.22. The number of amides is 2. The molecule has 9 nitrogen and oxygen atoms in total. The number of nitrogens with zero attached hydrogens (tertiary/aromatic N) is 1. The molecule has 1 aliphatic heterocycles. The van der Waals surface area contributed by atoms with E-state index in [0.29, 0.717) is 18.7 Å². The Morgan fingerprint density at radius 1 is 1.21 bits per heavy atom. The van der Waals surface area contributed by atoms with Crippen molar-refractivity contribution >= 4 is 23.6 Å². The molecule has 28 heavy (non-hydrogen) atoms. The fraction of sp³-hybridized carbons (Fsp3) is 0.316. The van der Waals surface area contributed by atoms with Crippen molar-refractivity contribution in [3.8, 4) is 0 Å². The van der Waals surface area contributed by atoms with E-state index in [0.717, 1.165) is 5.56 Å². The highest BCUT2D eigenvalue weighted by molar-refractivity contribution is 6.37. The van der Waals surface area contributed by atoms with Crippen molar-refractivity contribution in [3.05, 3.63) is 53.9 Å². The fourth-order valence-corrected chi connectivity index (χ4v) is 2.96. The Labute approximate surface area is 160 Å². The highest BCUT2D eigenvalue weighted by Gasteiger charge is 2.34. The van der Waals surface area contributed by atoms with Crippen LogP contribution in [0.1, 0.15) is 30.1 Å². The molecule has 9 heteroatoms. The summed E-state index contributed by atoms with van der Waals surface area (Å²) in [5.74, 6) is -2.41. The van der Waals surface area contributed by atoms with Crippen LogP contribution in [-0.4, -0.2) is 40.3 Å². The van der Waals surface area contributed by atoms with Gasteiger partial charge in [0.05, 0.1) is 5.69 Å². The van der Waals surface area contributed by atoms with Crippen LogP contribution in [0.3, 0.4) is 0 Å². The molecule has 1 aromatic carbocycles. The number of aromatic amines is 1. The van der Waals surface area contributed by atoms with Crippen LogP contribution in [-0.2, 0) is 25.7 Å². The van der Waals surface area contributed by atoms with Crippen LogP contribution >= 0.6 is 0 Å². The SMILES string of the molecule is O=C(NC(C(=O)CC1CCNC(=O)C1=O)c1ccn[nH]1)OCc1ccccc1. The number of alkyl carbamates (subject to hydrolysis) is 1. The molecular formula is C19H20N4O5. The summed E-state index contributed by atoms with van der Waals surface area (Å²) >= 11 is 0. The van der Waals surface area contributed by atoms with Crippen LogP contribution in [0.15, 0.2) is 42.6 Å². The maximum Gasteiger partial charge on any atom is 0.408 e. The Morgan fingerprint density at radius 3 is 2.71 bits per heavy atom. The maximum absolute atomic E-state index is 12.8. The van der Waals surface area contributed by atoms with Gasteiger partial charge in [0.25, 0.3) is 5.91 Å². The Bertz CT molecular complexity index is 850. The number of nitrogens with one attached hydrogen (secondary N) is 3. The molecule has 2 unspecified atom stereocenters. The standard InChI is InChI=1S/C19H20N4O5/c24-15(10-13-6-8-20-18(26)17(13)25)16(14-7-9-21-23-14)22-19(27)28-11-12-4-2-1-3-5-12/h1-5,7,9,13,16H,6,8,10-11H2,(H,20,26)(H,21,23)(H,22,27). The number of ether oxygens (including phenoxy) is 1. The van der Waals surface area contributed by atoms with Crippen LogP contribution in [0.5, 0.6) is 0 Å². The van der Waals surface area contributed by atoms with Gasteiger partial charge in [-0.15, -0.1) is 0 Å². The number of ketones is 2. The van der Waals surface area contributed by atoms with Crippen molar-refractivity contribution < 1.29 is 23.9 Å². The van der Waals surface area contributed by atoms with Gasteiger partial charge >= 0.3 is 6.09 Å². The average molecular weight is 384 g/mol. The molecule has 1 aliphatic rings. The number of hydrogen-bond acceptors (Lipinski definition) is 6. The Hall–Kier alpha value is -3.49. The monoisotopic (exact) mass is 384 g/mol. The highest BCUT2D eigenvalue weighted by atomic mass is 16.5. The number of carbonyl (C=O) groups is 4. The normalized spacial score (nSPS) is 17.5. The molecule has 146 valence electrons. The molecule has 2 atom stereocenters. The van der Waals surface area contributed by atoms with E-state index in [1.165, 1.54) is 6.20 Å². The Morgan fingerprint density at radius 2 is 2.00 bits per heavy atom. The molecule has 0 radical (unpaired) electrons. The third-order valence-electron chi connectivity index (χ3n) is 4.45. The molecule has 2 amide bonds. The van der Waals surface area contributed by atoms with Gasteiger partial charge in [-0.05, 0) is 18.1 Å². The summed E-state index contributed by atoms with van der Waals surface area (Å²) in [5, 5.41) is 11.4. The Balaban J connectivity index is 1.64. The number of H-pyrrole nitrogens is 1. The second-order valence-electron chi connectivity index (χ2n) is 6.43. The molecule has 0 bridgehead atoms. The number of carbonyl (C=O) groups excluding carboxylic acids is 4. The van der Waals surface area contributed by atoms with Gasteiger partial charge in [-0.1, -0.05) is 30.3 Å². The summed E-state index contributed by atoms with van der Waals surface area (Å²) < 4.78 is 5.17. The Kier molecular flexibility index (Phi) is 6.15. The molecule has 1 fully saturated rings. The molecule has 2 heterocycles. The summed E-state index contributed by atoms with van der Waals surface area (Å²) in [6.07, 6.45) is 0.898. The van der Waals surface area contributed by atoms with Crippen molar-refractivity contribution in [1.29, 1.82) is 0 Å². The largest absolute Gasteiger partial charge is 0.445 e. The van der Waals surface area contributed by atoms with E-state index in [-0.39, 0.29) is 13.0 Å². The van der Waals surface area contributed by atoms with E-state index in [4.69, 9.17) is 4.74 Å². The summed E-state index contributed by atoms with van der Waals surface area (Å²) in [4.78, 5) is 48.4. The van der Waals surface area contributed by atoms with E-state index >= 15 is 0 Å². The lowest BCUT2D eigenvalue weighted by Crippen LogP contribution is -2.44. The zero-order chi connectivity index (χ0) is 19.9. The molecule has 3 rings (SSSR count). The van der Waals surface area contributed by atoms with Gasteiger partial charge < -0.3 is 15.4 Å². The first-order valence-electron chi connectivity index (χ1n) is 8.86. The van der Waals surface area contributed by atoms with Gasteiger partial charge in [-0.2, -0.15) is 5.10 Å². The van der Waals surface area contributed by atoms with Crippen molar-refractivity contribution in [2.45, 2.75) is 25.5 Å². The molecule has 1 saturated heterocycles. The number of piperidine rings is 1. The smallest absolute Gasteiger partial charge is 0.408 e. The van der Waals surface area contributed by atoms with E-state index in [1.807, 2.05) is 30.3 Å². The van der Waals surface area contributed by atoms with Crippen LogP contribution in [0.4, 0.5) is 4.79 Å². The molecule has 0 spiro atoms. The van der Waals surface area contributed by atoms with E-state index in [1.54, 1.807) is 6.07 Å². The number of hydrogen-bond donors (Lipinski definition) is 3. The molecule has 3 N–H and O–H groups in total. The maximum atomic E-state index is 12.8. The number of aromatic nitrogens is 2. The lowest BCUT2D eigenvalue weighted by atomic mass is 9.88. The first kappa shape index (κ1) is 19.3. The lowest BCUT2D eigenvalue weighted by molar-refractivity contribution is -0.143. The minimum absolute atomic E-state index is 0.0534. The van der Waals surface area contributed by atoms with Crippen molar-refractivity contribution in [3.63, 3.8) is 0 Å². The minimum Gasteiger partial charge on any atom is -0.445 e. The van der Waals surface area contributed by atoms with Gasteiger partial charge in [0.15, 0.2) is 5.78 Å². The summed E-state index contributed by atoms with van der Waals surface area (Å²) in [5.41, 5.74) is 1.18. The third-order valence-corrected chi connectivity index (χ3v) is 4.45. The molecule has 0 saturated carbocycles.